The molecule has 1 fully saturated rings. The minimum absolute atomic E-state index is 0.841. The third-order valence-electron chi connectivity index (χ3n) is 3.60. The highest BCUT2D eigenvalue weighted by Crippen LogP contribution is 2.19. The van der Waals surface area contributed by atoms with Gasteiger partial charge in [-0.15, -0.1) is 0 Å². The molecule has 1 aromatic heterocycles. The zero-order valence-corrected chi connectivity index (χ0v) is 12.8. The number of hydrogen-bond acceptors (Lipinski definition) is 3. The lowest BCUT2D eigenvalue weighted by atomic mass is 9.95. The number of pyridine rings is 1. The number of aromatic nitrogens is 1. The summed E-state index contributed by atoms with van der Waals surface area (Å²) in [5.41, 5.74) is 1.04. The minimum Gasteiger partial charge on any atom is -0.370 e. The zero-order valence-electron chi connectivity index (χ0n) is 11.2. The number of piperidine rings is 1. The van der Waals surface area contributed by atoms with Gasteiger partial charge in [0.05, 0.1) is 5.69 Å². The van der Waals surface area contributed by atoms with Crippen LogP contribution >= 0.6 is 15.9 Å². The Kier molecular flexibility index (Phi) is 5.01. The number of aryl methyl sites for hydroxylation is 1. The van der Waals surface area contributed by atoms with Gasteiger partial charge in [0.2, 0.25) is 0 Å². The molecule has 1 saturated heterocycles. The standard InChI is InChI=1S/C14H22BrN3/c1-11-13(15)5-6-14(17-11)16-8-7-12-4-3-9-18(2)10-12/h5-6,12H,3-4,7-10H2,1-2H3,(H,16,17). The van der Waals surface area contributed by atoms with Crippen LogP contribution in [0, 0.1) is 12.8 Å². The van der Waals surface area contributed by atoms with Crippen LogP contribution in [0.3, 0.4) is 0 Å². The van der Waals surface area contributed by atoms with E-state index >= 15 is 0 Å². The van der Waals surface area contributed by atoms with Gasteiger partial charge < -0.3 is 10.2 Å². The van der Waals surface area contributed by atoms with Crippen molar-refractivity contribution in [1.29, 1.82) is 0 Å². The molecule has 0 amide bonds. The van der Waals surface area contributed by atoms with Crippen LogP contribution in [0.2, 0.25) is 0 Å². The van der Waals surface area contributed by atoms with E-state index in [1.54, 1.807) is 0 Å². The zero-order chi connectivity index (χ0) is 13.0. The van der Waals surface area contributed by atoms with Gasteiger partial charge in [-0.25, -0.2) is 4.98 Å². The Morgan fingerprint density at radius 2 is 2.33 bits per heavy atom. The van der Waals surface area contributed by atoms with E-state index in [2.05, 4.69) is 44.2 Å². The first-order valence-electron chi connectivity index (χ1n) is 6.70. The average molecular weight is 312 g/mol. The SMILES string of the molecule is Cc1nc(NCCC2CCCN(C)C2)ccc1Br. The van der Waals surface area contributed by atoms with Crippen molar-refractivity contribution in [2.75, 3.05) is 32.0 Å². The Balaban J connectivity index is 1.76. The first kappa shape index (κ1) is 13.8. The second-order valence-electron chi connectivity index (χ2n) is 5.25. The van der Waals surface area contributed by atoms with Crippen molar-refractivity contribution in [3.8, 4) is 0 Å². The fourth-order valence-electron chi connectivity index (χ4n) is 2.56. The van der Waals surface area contributed by atoms with Crippen LogP contribution in [0.25, 0.3) is 0 Å². The molecule has 0 radical (unpaired) electrons. The van der Waals surface area contributed by atoms with E-state index in [9.17, 15) is 0 Å². The highest BCUT2D eigenvalue weighted by molar-refractivity contribution is 9.10. The van der Waals surface area contributed by atoms with E-state index in [1.807, 2.05) is 13.0 Å². The van der Waals surface area contributed by atoms with Crippen LogP contribution in [-0.4, -0.2) is 36.6 Å². The molecule has 0 aliphatic carbocycles. The van der Waals surface area contributed by atoms with Crippen molar-refractivity contribution < 1.29 is 0 Å². The quantitative estimate of drug-likeness (QED) is 0.924. The van der Waals surface area contributed by atoms with Crippen LogP contribution in [0.15, 0.2) is 16.6 Å². The number of halogens is 1. The van der Waals surface area contributed by atoms with Crippen LogP contribution in [-0.2, 0) is 0 Å². The lowest BCUT2D eigenvalue weighted by molar-refractivity contribution is 0.205. The average Bonchev–Trinajstić information content (AvgIpc) is 2.34. The summed E-state index contributed by atoms with van der Waals surface area (Å²) >= 11 is 3.47. The third kappa shape index (κ3) is 3.95. The molecule has 18 heavy (non-hydrogen) atoms. The summed E-state index contributed by atoms with van der Waals surface area (Å²) in [7, 11) is 2.22. The van der Waals surface area contributed by atoms with E-state index in [0.29, 0.717) is 0 Å². The predicted molar refractivity (Wildman–Crippen MR) is 80.0 cm³/mol. The molecule has 4 heteroatoms. The topological polar surface area (TPSA) is 28.2 Å². The maximum Gasteiger partial charge on any atom is 0.126 e. The number of nitrogens with one attached hydrogen (secondary N) is 1. The van der Waals surface area contributed by atoms with Gasteiger partial charge >= 0.3 is 0 Å². The van der Waals surface area contributed by atoms with Gasteiger partial charge in [-0.05, 0) is 73.8 Å². The van der Waals surface area contributed by atoms with Crippen LogP contribution in [0.1, 0.15) is 25.0 Å². The number of anilines is 1. The van der Waals surface area contributed by atoms with Crippen molar-refractivity contribution in [1.82, 2.24) is 9.88 Å². The van der Waals surface area contributed by atoms with Crippen molar-refractivity contribution in [2.24, 2.45) is 5.92 Å². The summed E-state index contributed by atoms with van der Waals surface area (Å²) < 4.78 is 1.07. The number of rotatable bonds is 4. The van der Waals surface area contributed by atoms with Gasteiger partial charge in [-0.3, -0.25) is 0 Å². The lowest BCUT2D eigenvalue weighted by Gasteiger charge is -2.29. The second-order valence-corrected chi connectivity index (χ2v) is 6.10. The van der Waals surface area contributed by atoms with Gasteiger partial charge in [0, 0.05) is 17.6 Å². The highest BCUT2D eigenvalue weighted by atomic mass is 79.9. The largest absolute Gasteiger partial charge is 0.370 e. The molecule has 1 atom stereocenters. The van der Waals surface area contributed by atoms with E-state index in [1.165, 1.54) is 32.4 Å². The summed E-state index contributed by atoms with van der Waals surface area (Å²) in [5.74, 6) is 1.83. The lowest BCUT2D eigenvalue weighted by Crippen LogP contribution is -2.32. The molecule has 1 unspecified atom stereocenters. The maximum atomic E-state index is 4.50. The van der Waals surface area contributed by atoms with Crippen molar-refractivity contribution in [2.45, 2.75) is 26.2 Å². The summed E-state index contributed by atoms with van der Waals surface area (Å²) in [4.78, 5) is 6.94. The summed E-state index contributed by atoms with van der Waals surface area (Å²) in [6.45, 7) is 5.55. The van der Waals surface area contributed by atoms with Gasteiger partial charge in [-0.2, -0.15) is 0 Å². The molecule has 0 bridgehead atoms. The Hall–Kier alpha value is -0.610. The van der Waals surface area contributed by atoms with E-state index in [4.69, 9.17) is 0 Å². The first-order valence-corrected chi connectivity index (χ1v) is 7.50. The molecule has 2 heterocycles. The summed E-state index contributed by atoms with van der Waals surface area (Å²) in [6, 6.07) is 4.09. The Morgan fingerprint density at radius 1 is 1.50 bits per heavy atom. The van der Waals surface area contributed by atoms with Gasteiger partial charge in [0.15, 0.2) is 0 Å². The van der Waals surface area contributed by atoms with Gasteiger partial charge in [0.25, 0.3) is 0 Å². The molecule has 1 aliphatic heterocycles. The Labute approximate surface area is 118 Å². The molecule has 3 nitrogen and oxygen atoms in total. The molecule has 0 spiro atoms. The van der Waals surface area contributed by atoms with Gasteiger partial charge in [-0.1, -0.05) is 0 Å². The fourth-order valence-corrected chi connectivity index (χ4v) is 2.78. The number of hydrogen-bond donors (Lipinski definition) is 1. The van der Waals surface area contributed by atoms with E-state index in [0.717, 1.165) is 28.4 Å². The molecule has 1 N–H and O–H groups in total. The van der Waals surface area contributed by atoms with Crippen molar-refractivity contribution in [3.05, 3.63) is 22.3 Å². The number of nitrogens with zero attached hydrogens (tertiary/aromatic N) is 2. The summed E-state index contributed by atoms with van der Waals surface area (Å²) in [6.07, 6.45) is 3.96. The minimum atomic E-state index is 0.841. The Bertz CT molecular complexity index is 395. The van der Waals surface area contributed by atoms with Crippen LogP contribution < -0.4 is 5.32 Å². The van der Waals surface area contributed by atoms with Crippen LogP contribution in [0.5, 0.6) is 0 Å². The highest BCUT2D eigenvalue weighted by Gasteiger charge is 2.16. The molecular formula is C14H22BrN3. The fraction of sp³-hybridized carbons (Fsp3) is 0.643. The molecule has 0 aromatic carbocycles. The smallest absolute Gasteiger partial charge is 0.126 e. The molecule has 0 saturated carbocycles. The third-order valence-corrected chi connectivity index (χ3v) is 4.44. The molecule has 1 aliphatic rings. The monoisotopic (exact) mass is 311 g/mol. The van der Waals surface area contributed by atoms with Gasteiger partial charge in [0.1, 0.15) is 5.82 Å². The molecule has 2 rings (SSSR count). The molecular weight excluding hydrogens is 290 g/mol. The van der Waals surface area contributed by atoms with E-state index in [-0.39, 0.29) is 0 Å². The molecule has 1 aromatic rings. The normalized spacial score (nSPS) is 20.9. The number of likely N-dealkylation sites (tertiary alicyclic amines) is 1. The summed E-state index contributed by atoms with van der Waals surface area (Å²) in [5, 5.41) is 3.42. The first-order chi connectivity index (χ1) is 8.65. The maximum absolute atomic E-state index is 4.50. The van der Waals surface area contributed by atoms with Crippen LogP contribution in [0.4, 0.5) is 5.82 Å². The predicted octanol–water partition coefficient (Wildman–Crippen LogP) is 3.30. The van der Waals surface area contributed by atoms with Crippen molar-refractivity contribution >= 4 is 21.7 Å². The second kappa shape index (κ2) is 6.53. The molecule has 100 valence electrons. The van der Waals surface area contributed by atoms with E-state index < -0.39 is 0 Å². The Morgan fingerprint density at radius 3 is 3.06 bits per heavy atom. The van der Waals surface area contributed by atoms with Crippen molar-refractivity contribution in [3.63, 3.8) is 0 Å².